The maximum absolute atomic E-state index is 12.4. The van der Waals surface area contributed by atoms with E-state index >= 15 is 0 Å². The zero-order valence-electron chi connectivity index (χ0n) is 57.5. The lowest BCUT2D eigenvalue weighted by Gasteiger charge is -2.29. The molecule has 2 fully saturated rings. The van der Waals surface area contributed by atoms with Crippen molar-refractivity contribution < 1.29 is 136 Å². The molecule has 0 heterocycles. The van der Waals surface area contributed by atoms with E-state index in [1.54, 1.807) is 0 Å². The molecular formula is C66H108N4O28. The van der Waals surface area contributed by atoms with Gasteiger partial charge >= 0.3 is 71.9 Å². The summed E-state index contributed by atoms with van der Waals surface area (Å²) in [7, 11) is 0. The quantitative estimate of drug-likeness (QED) is 0.00977. The maximum atomic E-state index is 12.4. The van der Waals surface area contributed by atoms with Crippen LogP contribution in [0.4, 0.5) is 9.59 Å². The minimum Gasteiger partial charge on any atom is -0.466 e. The van der Waals surface area contributed by atoms with Crippen LogP contribution in [0.5, 0.6) is 0 Å². The van der Waals surface area contributed by atoms with E-state index in [1.807, 2.05) is 0 Å². The van der Waals surface area contributed by atoms with E-state index in [0.717, 1.165) is 51.4 Å². The molecule has 8 N–H and O–H groups in total. The third-order valence-electron chi connectivity index (χ3n) is 14.8. The lowest BCUT2D eigenvalue weighted by molar-refractivity contribution is -0.171. The van der Waals surface area contributed by atoms with Gasteiger partial charge in [0.1, 0.15) is 18.3 Å². The molecule has 560 valence electrons. The minimum absolute atomic E-state index is 0.0176. The third kappa shape index (κ3) is 52.6. The Bertz CT molecular complexity index is 2390. The molecule has 0 bridgehead atoms. The van der Waals surface area contributed by atoms with Crippen molar-refractivity contribution in [2.24, 2.45) is 33.7 Å². The molecule has 2 saturated carbocycles. The number of rotatable bonds is 44. The fourth-order valence-electron chi connectivity index (χ4n) is 9.43. The minimum atomic E-state index is -1.36. The second-order valence-corrected chi connectivity index (χ2v) is 23.2. The Morgan fingerprint density at radius 2 is 0.765 bits per heavy atom. The van der Waals surface area contributed by atoms with Crippen molar-refractivity contribution in [1.29, 1.82) is 0 Å². The summed E-state index contributed by atoms with van der Waals surface area (Å²) in [6.45, 7) is 7.13. The number of aliphatic hydroxyl groups excluding tert-OH is 6. The molecular weight excluding hydrogens is 1300 g/mol. The van der Waals surface area contributed by atoms with Gasteiger partial charge in [0.15, 0.2) is 6.10 Å². The Kier molecular flexibility index (Phi) is 58.5. The van der Waals surface area contributed by atoms with Crippen LogP contribution in [0.3, 0.4) is 0 Å². The molecule has 32 heteroatoms. The Labute approximate surface area is 572 Å². The Morgan fingerprint density at radius 1 is 0.408 bits per heavy atom. The fraction of sp³-hybridized carbons (Fsp3) is 0.788. The molecule has 98 heavy (non-hydrogen) atoms. The number of hydrogen-bond donors (Lipinski definition) is 8. The van der Waals surface area contributed by atoms with Crippen LogP contribution in [0.1, 0.15) is 220 Å². The van der Waals surface area contributed by atoms with Crippen molar-refractivity contribution in [1.82, 2.24) is 10.6 Å². The number of unbranched alkanes of at least 4 members (excludes halogenated alkanes) is 8. The Hall–Kier alpha value is -7.44. The Morgan fingerprint density at radius 3 is 1.16 bits per heavy atom. The van der Waals surface area contributed by atoms with Gasteiger partial charge in [-0.05, 0) is 162 Å². The van der Waals surface area contributed by atoms with Gasteiger partial charge in [-0.2, -0.15) is 0 Å². The molecule has 0 aromatic rings. The van der Waals surface area contributed by atoms with Crippen molar-refractivity contribution in [2.75, 3.05) is 65.8 Å². The number of alkyl carbamates (subject to hydrolysis) is 2. The number of amides is 2. The van der Waals surface area contributed by atoms with E-state index in [4.69, 9.17) is 54.0 Å². The molecule has 0 aromatic heterocycles. The van der Waals surface area contributed by atoms with E-state index < -0.39 is 90.3 Å². The standard InChI is InChI=1S/C33H54N2O14.C19H32O7.C9H16O5.C5H6N2O2/c1-23(37)29(40)49-31(42)26-15-8-7-13-25(26)14-11-22-45-27(38)16-6-4-10-21-46-32(43)34-18-12-19-35-33(44)47-24(2)30(41)48-28(39)17-5-3-9-20-36;1-14(21)18(23)26-19(24)16-10-5-4-8-15(16)9-7-13-25-17(22)11-3-2-6-12-20;1-7(11)9(13)14-8(12)5-3-2-4-6-10;8-4-6-2-1-3-7-5-9/h23-26,36-37H,3-22H2,1-2H3,(H,34,43)(H,35,44);14-16,20-21H,2-13H2,1H3;7,10-11H,2-6H2,1H3;1-3H2. The molecule has 0 aromatic carbocycles. The number of nitrogens with one attached hydrogen (secondary N) is 2. The van der Waals surface area contributed by atoms with Crippen LogP contribution in [-0.2, 0) is 95.4 Å². The SMILES string of the molecule is CC(O)C(=O)OC(=O)C1CCCCC1CCCOC(=O)CCCCCO.CC(O)C(=O)OC(=O)C1CCCCC1CCCOC(=O)CCCCCOC(=O)NCCCNC(=O)OC(C)C(=O)OC(=O)CCCCCO.CC(O)C(=O)OC(=O)CCCCCO.O=C=NCCCN=C=O. The number of nitrogens with zero attached hydrogens (tertiary/aromatic N) is 2. The number of hydrogen-bond acceptors (Lipinski definition) is 30. The van der Waals surface area contributed by atoms with Crippen LogP contribution in [0, 0.1) is 23.7 Å². The zero-order chi connectivity index (χ0) is 73.7. The van der Waals surface area contributed by atoms with Gasteiger partial charge in [0.2, 0.25) is 12.2 Å². The summed E-state index contributed by atoms with van der Waals surface area (Å²) >= 11 is 0. The third-order valence-corrected chi connectivity index (χ3v) is 14.8. The smallest absolute Gasteiger partial charge is 0.407 e. The largest absolute Gasteiger partial charge is 0.466 e. The molecule has 0 radical (unpaired) electrons. The second-order valence-electron chi connectivity index (χ2n) is 23.2. The second kappa shape index (κ2) is 61.9. The topological polar surface area (TPSA) is 483 Å². The number of carbonyl (C=O) groups excluding carboxylic acids is 14. The van der Waals surface area contributed by atoms with Crippen molar-refractivity contribution in [3.05, 3.63) is 0 Å². The summed E-state index contributed by atoms with van der Waals surface area (Å²) in [5, 5.41) is 58.0. The normalized spacial score (nSPS) is 16.3. The summed E-state index contributed by atoms with van der Waals surface area (Å²) in [6.07, 6.45) is 14.8. The van der Waals surface area contributed by atoms with E-state index in [2.05, 4.69) is 30.1 Å². The molecule has 0 saturated heterocycles. The van der Waals surface area contributed by atoms with Gasteiger partial charge in [0.05, 0.1) is 44.7 Å². The Balaban J connectivity index is 0. The average molecular weight is 1410 g/mol. The first-order valence-electron chi connectivity index (χ1n) is 34.0. The molecule has 0 spiro atoms. The fourth-order valence-corrected chi connectivity index (χ4v) is 9.43. The average Bonchev–Trinajstić information content (AvgIpc) is 0.884. The van der Waals surface area contributed by atoms with Gasteiger partial charge in [-0.15, -0.1) is 0 Å². The zero-order valence-corrected chi connectivity index (χ0v) is 57.5. The van der Waals surface area contributed by atoms with E-state index in [0.29, 0.717) is 142 Å². The summed E-state index contributed by atoms with van der Waals surface area (Å²) in [5.74, 6) is -7.43. The maximum Gasteiger partial charge on any atom is 0.407 e. The number of ether oxygens (including phenoxy) is 8. The molecule has 8 unspecified atom stereocenters. The predicted molar refractivity (Wildman–Crippen MR) is 344 cm³/mol. The van der Waals surface area contributed by atoms with Crippen LogP contribution < -0.4 is 10.6 Å². The molecule has 2 aliphatic rings. The molecule has 2 aliphatic carbocycles. The number of aliphatic imine (C=N–C) groups is 2. The molecule has 8 atom stereocenters. The predicted octanol–water partition coefficient (Wildman–Crippen LogP) is 5.14. The van der Waals surface area contributed by atoms with Gasteiger partial charge in [0.25, 0.3) is 0 Å². The highest BCUT2D eigenvalue weighted by molar-refractivity contribution is 5.90. The highest BCUT2D eigenvalue weighted by Crippen LogP contribution is 2.35. The summed E-state index contributed by atoms with van der Waals surface area (Å²) in [4.78, 5) is 165. The number of carbonyl (C=O) groups is 12. The summed E-state index contributed by atoms with van der Waals surface area (Å²) in [6, 6.07) is 0. The van der Waals surface area contributed by atoms with E-state index in [9.17, 15) is 72.2 Å². The van der Waals surface area contributed by atoms with Gasteiger partial charge < -0.3 is 79.2 Å². The first-order valence-corrected chi connectivity index (χ1v) is 34.0. The van der Waals surface area contributed by atoms with Gasteiger partial charge in [-0.3, -0.25) is 28.8 Å². The molecule has 0 aliphatic heterocycles. The van der Waals surface area contributed by atoms with E-state index in [-0.39, 0.29) is 95.1 Å². The van der Waals surface area contributed by atoms with Crippen LogP contribution in [0.2, 0.25) is 0 Å². The van der Waals surface area contributed by atoms with Gasteiger partial charge in [-0.25, -0.2) is 48.3 Å². The first kappa shape index (κ1) is 92.6. The highest BCUT2D eigenvalue weighted by atomic mass is 16.6. The van der Waals surface area contributed by atoms with Crippen LogP contribution >= 0.6 is 0 Å². The van der Waals surface area contributed by atoms with E-state index in [1.165, 1.54) is 39.9 Å². The lowest BCUT2D eigenvalue weighted by Crippen LogP contribution is -2.35. The molecule has 2 amide bonds. The highest BCUT2D eigenvalue weighted by Gasteiger charge is 2.35. The van der Waals surface area contributed by atoms with Crippen LogP contribution in [-0.4, -0.2) is 205 Å². The van der Waals surface area contributed by atoms with Crippen LogP contribution in [0.25, 0.3) is 0 Å². The van der Waals surface area contributed by atoms with Gasteiger partial charge in [0, 0.05) is 58.6 Å². The van der Waals surface area contributed by atoms with Crippen LogP contribution in [0.15, 0.2) is 9.98 Å². The molecule has 2 rings (SSSR count). The van der Waals surface area contributed by atoms with Crippen molar-refractivity contribution in [3.8, 4) is 0 Å². The monoisotopic (exact) mass is 1400 g/mol. The van der Waals surface area contributed by atoms with Gasteiger partial charge in [-0.1, -0.05) is 44.9 Å². The van der Waals surface area contributed by atoms with Crippen molar-refractivity contribution >= 4 is 84.0 Å². The van der Waals surface area contributed by atoms with Crippen molar-refractivity contribution in [2.45, 2.75) is 245 Å². The van der Waals surface area contributed by atoms with Crippen molar-refractivity contribution in [3.63, 3.8) is 0 Å². The molecule has 32 nitrogen and oxygen atoms in total. The summed E-state index contributed by atoms with van der Waals surface area (Å²) < 4.78 is 39.0. The lowest BCUT2D eigenvalue weighted by atomic mass is 9.77. The number of aliphatic hydroxyl groups is 6. The number of isocyanates is 2. The first-order chi connectivity index (χ1) is 46.9. The summed E-state index contributed by atoms with van der Waals surface area (Å²) in [5.41, 5.74) is 0. The number of esters is 10.